The van der Waals surface area contributed by atoms with Crippen molar-refractivity contribution in [1.82, 2.24) is 4.72 Å². The van der Waals surface area contributed by atoms with Crippen LogP contribution < -0.4 is 9.86 Å². The first-order chi connectivity index (χ1) is 8.77. The zero-order valence-electron chi connectivity index (χ0n) is 10.7. The Labute approximate surface area is 114 Å². The Balaban J connectivity index is 2.80. The minimum Gasteiger partial charge on any atom is -0.225 e. The lowest BCUT2D eigenvalue weighted by atomic mass is 10.3. The van der Waals surface area contributed by atoms with E-state index in [1.165, 1.54) is 24.3 Å². The first-order valence-corrected chi connectivity index (χ1v) is 8.93. The molecule has 0 spiro atoms. The van der Waals surface area contributed by atoms with E-state index in [-0.39, 0.29) is 9.79 Å². The molecule has 0 saturated carbocycles. The van der Waals surface area contributed by atoms with Crippen molar-refractivity contribution in [2.24, 2.45) is 5.14 Å². The summed E-state index contributed by atoms with van der Waals surface area (Å²) in [6, 6.07) is 4.80. The number of nitrogens with one attached hydrogen (secondary N) is 1. The molecule has 0 aliphatic carbocycles. The van der Waals surface area contributed by atoms with Crippen LogP contribution in [0.3, 0.4) is 0 Å². The van der Waals surface area contributed by atoms with E-state index in [0.717, 1.165) is 19.3 Å². The average molecular weight is 306 g/mol. The van der Waals surface area contributed by atoms with E-state index in [2.05, 4.69) is 4.72 Å². The molecule has 0 atom stereocenters. The van der Waals surface area contributed by atoms with E-state index in [0.29, 0.717) is 6.54 Å². The first-order valence-electron chi connectivity index (χ1n) is 5.90. The van der Waals surface area contributed by atoms with E-state index in [4.69, 9.17) is 5.14 Å². The fourth-order valence-corrected chi connectivity index (χ4v) is 3.06. The van der Waals surface area contributed by atoms with Gasteiger partial charge in [-0.3, -0.25) is 0 Å². The van der Waals surface area contributed by atoms with E-state index in [1.807, 2.05) is 6.92 Å². The van der Waals surface area contributed by atoms with Crippen LogP contribution in [0.5, 0.6) is 0 Å². The molecule has 0 aliphatic rings. The summed E-state index contributed by atoms with van der Waals surface area (Å²) in [7, 11) is -7.39. The molecule has 0 aliphatic heterocycles. The van der Waals surface area contributed by atoms with Crippen LogP contribution in [0.1, 0.15) is 26.2 Å². The van der Waals surface area contributed by atoms with E-state index >= 15 is 0 Å². The van der Waals surface area contributed by atoms with Gasteiger partial charge in [-0.1, -0.05) is 19.8 Å². The maximum absolute atomic E-state index is 11.9. The molecule has 1 aromatic carbocycles. The lowest BCUT2D eigenvalue weighted by molar-refractivity contribution is 0.575. The van der Waals surface area contributed by atoms with Crippen molar-refractivity contribution in [3.63, 3.8) is 0 Å². The Bertz CT molecular complexity index is 607. The fraction of sp³-hybridized carbons (Fsp3) is 0.455. The molecule has 19 heavy (non-hydrogen) atoms. The molecule has 0 bridgehead atoms. The van der Waals surface area contributed by atoms with E-state index in [9.17, 15) is 16.8 Å². The van der Waals surface area contributed by atoms with Crippen LogP contribution in [-0.2, 0) is 20.0 Å². The number of primary sulfonamides is 1. The van der Waals surface area contributed by atoms with Crippen molar-refractivity contribution in [3.8, 4) is 0 Å². The van der Waals surface area contributed by atoms with Gasteiger partial charge >= 0.3 is 0 Å². The van der Waals surface area contributed by atoms with Gasteiger partial charge in [-0.25, -0.2) is 26.7 Å². The van der Waals surface area contributed by atoms with Gasteiger partial charge in [0.15, 0.2) is 0 Å². The molecule has 6 nitrogen and oxygen atoms in total. The molecular weight excluding hydrogens is 288 g/mol. The van der Waals surface area contributed by atoms with Crippen molar-refractivity contribution >= 4 is 20.0 Å². The zero-order valence-corrected chi connectivity index (χ0v) is 12.3. The van der Waals surface area contributed by atoms with Gasteiger partial charge in [0.05, 0.1) is 9.79 Å². The number of sulfonamides is 2. The van der Waals surface area contributed by atoms with Gasteiger partial charge in [-0.2, -0.15) is 0 Å². The summed E-state index contributed by atoms with van der Waals surface area (Å²) in [5.41, 5.74) is 0. The van der Waals surface area contributed by atoms with E-state index in [1.54, 1.807) is 0 Å². The highest BCUT2D eigenvalue weighted by atomic mass is 32.2. The highest BCUT2D eigenvalue weighted by Gasteiger charge is 2.14. The second-order valence-corrected chi connectivity index (χ2v) is 7.45. The summed E-state index contributed by atoms with van der Waals surface area (Å²) in [6.45, 7) is 2.40. The highest BCUT2D eigenvalue weighted by Crippen LogP contribution is 2.13. The number of hydrogen-bond donors (Lipinski definition) is 2. The summed E-state index contributed by atoms with van der Waals surface area (Å²) in [5.74, 6) is 0. The molecule has 8 heteroatoms. The third kappa shape index (κ3) is 4.90. The maximum Gasteiger partial charge on any atom is 0.240 e. The number of rotatable bonds is 7. The molecule has 0 unspecified atom stereocenters. The predicted octanol–water partition coefficient (Wildman–Crippen LogP) is 0.803. The Morgan fingerprint density at radius 2 is 1.53 bits per heavy atom. The Kier molecular flexibility index (Phi) is 5.48. The first kappa shape index (κ1) is 16.1. The van der Waals surface area contributed by atoms with Crippen molar-refractivity contribution in [1.29, 1.82) is 0 Å². The van der Waals surface area contributed by atoms with Gasteiger partial charge in [0.2, 0.25) is 20.0 Å². The second kappa shape index (κ2) is 6.47. The number of nitrogens with two attached hydrogens (primary N) is 1. The molecule has 0 fully saturated rings. The highest BCUT2D eigenvalue weighted by molar-refractivity contribution is 7.89. The third-order valence-electron chi connectivity index (χ3n) is 2.53. The summed E-state index contributed by atoms with van der Waals surface area (Å²) < 4.78 is 48.3. The van der Waals surface area contributed by atoms with Gasteiger partial charge in [-0.05, 0) is 30.7 Å². The van der Waals surface area contributed by atoms with Gasteiger partial charge in [-0.15, -0.1) is 0 Å². The maximum atomic E-state index is 11.9. The van der Waals surface area contributed by atoms with Gasteiger partial charge in [0.25, 0.3) is 0 Å². The molecule has 0 amide bonds. The van der Waals surface area contributed by atoms with Gasteiger partial charge in [0.1, 0.15) is 0 Å². The monoisotopic (exact) mass is 306 g/mol. The zero-order chi connectivity index (χ0) is 14.5. The smallest absolute Gasteiger partial charge is 0.225 e. The topological polar surface area (TPSA) is 106 Å². The fourth-order valence-electron chi connectivity index (χ4n) is 1.47. The van der Waals surface area contributed by atoms with Crippen LogP contribution in [0.4, 0.5) is 0 Å². The van der Waals surface area contributed by atoms with Gasteiger partial charge < -0.3 is 0 Å². The summed E-state index contributed by atoms with van der Waals surface area (Å²) in [5, 5.41) is 4.94. The average Bonchev–Trinajstić information content (AvgIpc) is 2.34. The molecule has 0 radical (unpaired) electrons. The lowest BCUT2D eigenvalue weighted by Gasteiger charge is -2.07. The number of hydrogen-bond acceptors (Lipinski definition) is 4. The van der Waals surface area contributed by atoms with Crippen LogP contribution in [-0.4, -0.2) is 23.4 Å². The summed E-state index contributed by atoms with van der Waals surface area (Å²) >= 11 is 0. The Morgan fingerprint density at radius 1 is 1.00 bits per heavy atom. The standard InChI is InChI=1S/C11H18N2O4S2/c1-2-3-4-9-13-19(16,17)11-7-5-10(6-8-11)18(12,14)15/h5-8,13H,2-4,9H2,1H3,(H2,12,14,15). The van der Waals surface area contributed by atoms with Crippen molar-refractivity contribution < 1.29 is 16.8 Å². The van der Waals surface area contributed by atoms with E-state index < -0.39 is 20.0 Å². The number of benzene rings is 1. The minimum atomic E-state index is -3.80. The molecular formula is C11H18N2O4S2. The Hall–Kier alpha value is -0.960. The summed E-state index contributed by atoms with van der Waals surface area (Å²) in [4.78, 5) is -0.0890. The lowest BCUT2D eigenvalue weighted by Crippen LogP contribution is -2.24. The van der Waals surface area contributed by atoms with Gasteiger partial charge in [0, 0.05) is 6.54 Å². The second-order valence-electron chi connectivity index (χ2n) is 4.12. The van der Waals surface area contributed by atoms with Crippen LogP contribution in [0.2, 0.25) is 0 Å². The third-order valence-corrected chi connectivity index (χ3v) is 4.94. The molecule has 1 rings (SSSR count). The van der Waals surface area contributed by atoms with Crippen molar-refractivity contribution in [2.75, 3.05) is 6.54 Å². The normalized spacial score (nSPS) is 12.5. The molecule has 0 saturated heterocycles. The molecule has 0 aromatic heterocycles. The van der Waals surface area contributed by atoms with Crippen molar-refractivity contribution in [3.05, 3.63) is 24.3 Å². The molecule has 108 valence electrons. The molecule has 0 heterocycles. The summed E-state index contributed by atoms with van der Waals surface area (Å²) in [6.07, 6.45) is 2.72. The molecule has 3 N–H and O–H groups in total. The molecule has 1 aromatic rings. The van der Waals surface area contributed by atoms with Crippen LogP contribution in [0.25, 0.3) is 0 Å². The minimum absolute atomic E-state index is 0.0244. The predicted molar refractivity (Wildman–Crippen MR) is 72.5 cm³/mol. The van der Waals surface area contributed by atoms with Crippen molar-refractivity contribution in [2.45, 2.75) is 36.0 Å². The SMILES string of the molecule is CCCCCNS(=O)(=O)c1ccc(S(N)(=O)=O)cc1. The van der Waals surface area contributed by atoms with Crippen LogP contribution >= 0.6 is 0 Å². The Morgan fingerprint density at radius 3 is 2.00 bits per heavy atom. The van der Waals surface area contributed by atoms with Crippen LogP contribution in [0.15, 0.2) is 34.1 Å². The van der Waals surface area contributed by atoms with Crippen LogP contribution in [0, 0.1) is 0 Å². The number of unbranched alkanes of at least 4 members (excludes halogenated alkanes) is 2. The quantitative estimate of drug-likeness (QED) is 0.727. The largest absolute Gasteiger partial charge is 0.240 e.